The lowest BCUT2D eigenvalue weighted by molar-refractivity contribution is -0.120. The molecule has 1 heterocycles. The number of benzene rings is 4. The van der Waals surface area contributed by atoms with Gasteiger partial charge in [0.2, 0.25) is 0 Å². The summed E-state index contributed by atoms with van der Waals surface area (Å²) in [4.78, 5) is 27.3. The third-order valence-electron chi connectivity index (χ3n) is 8.12. The number of alkyl carbamates (subject to hydrolysis) is 1. The highest BCUT2D eigenvalue weighted by Gasteiger charge is 2.33. The number of morpholine rings is 1. The van der Waals surface area contributed by atoms with E-state index in [-0.39, 0.29) is 30.2 Å². The molecule has 1 saturated heterocycles. The Labute approximate surface area is 282 Å². The maximum Gasteiger partial charge on any atom is 0.407 e. The van der Waals surface area contributed by atoms with E-state index in [9.17, 15) is 14.0 Å². The normalized spacial score (nSPS) is 17.0. The molecule has 0 aromatic heterocycles. The zero-order chi connectivity index (χ0) is 32.3. The van der Waals surface area contributed by atoms with Gasteiger partial charge in [-0.3, -0.25) is 4.79 Å². The molecule has 3 atom stereocenters. The SMILES string of the molecule is COC(=O)N[C@H](C(=O)Cc1ccccc1CC[C@@H]1CNC[C@@H](CSc2ccc(Br)cc2F)O1)C(c1ccccc1)c1ccccc1. The van der Waals surface area contributed by atoms with Gasteiger partial charge in [0.1, 0.15) is 11.9 Å². The van der Waals surface area contributed by atoms with Gasteiger partial charge in [-0.2, -0.15) is 0 Å². The molecule has 9 heteroatoms. The predicted molar refractivity (Wildman–Crippen MR) is 184 cm³/mol. The van der Waals surface area contributed by atoms with Crippen LogP contribution >= 0.6 is 27.7 Å². The first-order chi connectivity index (χ1) is 22.4. The summed E-state index contributed by atoms with van der Waals surface area (Å²) in [5.41, 5.74) is 3.84. The Kier molecular flexibility index (Phi) is 12.4. The average molecular weight is 706 g/mol. The number of methoxy groups -OCH3 is 1. The fourth-order valence-corrected chi connectivity index (χ4v) is 7.09. The van der Waals surface area contributed by atoms with E-state index in [1.807, 2.05) is 84.9 Å². The van der Waals surface area contributed by atoms with Gasteiger partial charge in [-0.05, 0) is 53.3 Å². The van der Waals surface area contributed by atoms with Crippen LogP contribution in [0.15, 0.2) is 112 Å². The fourth-order valence-electron chi connectivity index (χ4n) is 5.84. The Morgan fingerprint density at radius 1 is 0.935 bits per heavy atom. The number of ketones is 1. The van der Waals surface area contributed by atoms with Crippen LogP contribution in [0.5, 0.6) is 0 Å². The molecule has 1 fully saturated rings. The van der Waals surface area contributed by atoms with E-state index >= 15 is 0 Å². The molecule has 1 aliphatic rings. The summed E-state index contributed by atoms with van der Waals surface area (Å²) in [5, 5.41) is 6.32. The smallest absolute Gasteiger partial charge is 0.407 e. The van der Waals surface area contributed by atoms with Crippen LogP contribution in [0.25, 0.3) is 0 Å². The van der Waals surface area contributed by atoms with Crippen LogP contribution in [0.4, 0.5) is 9.18 Å². The maximum atomic E-state index is 14.3. The molecule has 0 aliphatic carbocycles. The van der Waals surface area contributed by atoms with Crippen molar-refractivity contribution in [1.82, 2.24) is 10.6 Å². The number of Topliss-reactive ketones (excluding diaryl/α,β-unsaturated/α-hetero) is 1. The third kappa shape index (κ3) is 9.28. The number of amides is 1. The van der Waals surface area contributed by atoms with Crippen LogP contribution in [-0.2, 0) is 27.1 Å². The zero-order valence-electron chi connectivity index (χ0n) is 25.7. The number of carbonyl (C=O) groups is 2. The zero-order valence-corrected chi connectivity index (χ0v) is 28.1. The van der Waals surface area contributed by atoms with E-state index in [1.165, 1.54) is 24.9 Å². The number of aryl methyl sites for hydroxylation is 1. The summed E-state index contributed by atoms with van der Waals surface area (Å²) in [6.07, 6.45) is 0.956. The van der Waals surface area contributed by atoms with Crippen molar-refractivity contribution in [1.29, 1.82) is 0 Å². The van der Waals surface area contributed by atoms with E-state index in [1.54, 1.807) is 6.07 Å². The molecule has 240 valence electrons. The van der Waals surface area contributed by atoms with Crippen molar-refractivity contribution in [3.05, 3.63) is 136 Å². The number of hydrogen-bond acceptors (Lipinski definition) is 6. The van der Waals surface area contributed by atoms with Crippen molar-refractivity contribution in [3.63, 3.8) is 0 Å². The van der Waals surface area contributed by atoms with Crippen molar-refractivity contribution in [2.24, 2.45) is 0 Å². The van der Waals surface area contributed by atoms with E-state index in [0.717, 1.165) is 46.1 Å². The van der Waals surface area contributed by atoms with Crippen LogP contribution in [0, 0.1) is 5.82 Å². The topological polar surface area (TPSA) is 76.7 Å². The predicted octanol–water partition coefficient (Wildman–Crippen LogP) is 7.34. The van der Waals surface area contributed by atoms with E-state index in [4.69, 9.17) is 9.47 Å². The number of nitrogens with one attached hydrogen (secondary N) is 2. The van der Waals surface area contributed by atoms with Crippen LogP contribution in [0.1, 0.15) is 34.6 Å². The van der Waals surface area contributed by atoms with Crippen LogP contribution < -0.4 is 10.6 Å². The summed E-state index contributed by atoms with van der Waals surface area (Å²) in [7, 11) is 1.30. The summed E-state index contributed by atoms with van der Waals surface area (Å²) in [5.74, 6) is -0.105. The molecule has 0 spiro atoms. The Bertz CT molecular complexity index is 1550. The first-order valence-electron chi connectivity index (χ1n) is 15.4. The first-order valence-corrected chi connectivity index (χ1v) is 17.2. The average Bonchev–Trinajstić information content (AvgIpc) is 3.08. The van der Waals surface area contributed by atoms with Gasteiger partial charge in [0.05, 0.1) is 19.3 Å². The molecule has 4 aromatic carbocycles. The van der Waals surface area contributed by atoms with Gasteiger partial charge in [0.25, 0.3) is 0 Å². The summed E-state index contributed by atoms with van der Waals surface area (Å²) < 4.78 is 26.4. The molecule has 0 radical (unpaired) electrons. The molecule has 46 heavy (non-hydrogen) atoms. The van der Waals surface area contributed by atoms with Crippen molar-refractivity contribution >= 4 is 39.6 Å². The lowest BCUT2D eigenvalue weighted by atomic mass is 9.81. The Hall–Kier alpha value is -3.50. The van der Waals surface area contributed by atoms with E-state index in [0.29, 0.717) is 17.2 Å². The molecular weight excluding hydrogens is 667 g/mol. The highest BCUT2D eigenvalue weighted by molar-refractivity contribution is 9.10. The summed E-state index contributed by atoms with van der Waals surface area (Å²) >= 11 is 4.76. The number of hydrogen-bond donors (Lipinski definition) is 2. The molecule has 1 amide bonds. The Morgan fingerprint density at radius 3 is 2.22 bits per heavy atom. The minimum Gasteiger partial charge on any atom is -0.453 e. The molecular formula is C37H38BrFN2O4S. The fraction of sp³-hybridized carbons (Fsp3) is 0.297. The summed E-state index contributed by atoms with van der Waals surface area (Å²) in [6.45, 7) is 1.45. The van der Waals surface area contributed by atoms with Crippen molar-refractivity contribution in [2.45, 2.75) is 48.3 Å². The van der Waals surface area contributed by atoms with Gasteiger partial charge >= 0.3 is 6.09 Å². The highest BCUT2D eigenvalue weighted by atomic mass is 79.9. The van der Waals surface area contributed by atoms with Gasteiger partial charge in [0.15, 0.2) is 5.78 Å². The second-order valence-corrected chi connectivity index (χ2v) is 13.3. The number of thioether (sulfide) groups is 1. The van der Waals surface area contributed by atoms with Crippen LogP contribution in [0.2, 0.25) is 0 Å². The molecule has 4 aromatic rings. The third-order valence-corrected chi connectivity index (χ3v) is 9.80. The minimum atomic E-state index is -0.843. The molecule has 6 nitrogen and oxygen atoms in total. The van der Waals surface area contributed by atoms with E-state index in [2.05, 4.69) is 32.6 Å². The van der Waals surface area contributed by atoms with Crippen LogP contribution in [-0.4, -0.2) is 56.1 Å². The largest absolute Gasteiger partial charge is 0.453 e. The monoisotopic (exact) mass is 704 g/mol. The van der Waals surface area contributed by atoms with Gasteiger partial charge in [-0.25, -0.2) is 9.18 Å². The maximum absolute atomic E-state index is 14.3. The highest BCUT2D eigenvalue weighted by Crippen LogP contribution is 2.30. The molecule has 1 aliphatic heterocycles. The second kappa shape index (κ2) is 16.9. The standard InChI is InChI=1S/C37H38BrFN2O4S/c1-44-37(43)41-36(35(26-11-4-2-5-12-26)27-13-6-3-7-14-27)33(42)20-28-15-9-8-10-25(28)16-18-30-22-40-23-31(45-30)24-46-34-19-17-29(38)21-32(34)39/h2-15,17,19,21,30-31,35-36,40H,16,18,20,22-24H2,1H3,(H,41,43)/t30-,31+,36-/m1/s1. The lowest BCUT2D eigenvalue weighted by Crippen LogP contribution is -2.46. The van der Waals surface area contributed by atoms with Crippen molar-refractivity contribution in [2.75, 3.05) is 26.0 Å². The second-order valence-electron chi connectivity index (χ2n) is 11.3. The Balaban J connectivity index is 1.27. The minimum absolute atomic E-state index is 0.00727. The molecule has 0 saturated carbocycles. The van der Waals surface area contributed by atoms with Crippen LogP contribution in [0.3, 0.4) is 0 Å². The number of ether oxygens (including phenoxy) is 2. The molecule has 0 unspecified atom stereocenters. The number of carbonyl (C=O) groups excluding carboxylic acids is 2. The first kappa shape index (κ1) is 33.9. The molecule has 5 rings (SSSR count). The van der Waals surface area contributed by atoms with Crippen molar-refractivity contribution in [3.8, 4) is 0 Å². The number of rotatable bonds is 13. The van der Waals surface area contributed by atoms with Gasteiger partial charge in [0, 0.05) is 40.5 Å². The van der Waals surface area contributed by atoms with Gasteiger partial charge in [-0.1, -0.05) is 101 Å². The van der Waals surface area contributed by atoms with Crippen molar-refractivity contribution < 1.29 is 23.5 Å². The number of halogens is 2. The lowest BCUT2D eigenvalue weighted by Gasteiger charge is -2.31. The van der Waals surface area contributed by atoms with Gasteiger partial charge in [-0.15, -0.1) is 11.8 Å². The Morgan fingerprint density at radius 2 is 1.57 bits per heavy atom. The van der Waals surface area contributed by atoms with Gasteiger partial charge < -0.3 is 20.1 Å². The van der Waals surface area contributed by atoms with E-state index < -0.39 is 18.1 Å². The quantitative estimate of drug-likeness (QED) is 0.142. The summed E-state index contributed by atoms with van der Waals surface area (Å²) in [6, 6.07) is 31.7. The molecule has 0 bridgehead atoms. The molecule has 2 N–H and O–H groups in total.